The van der Waals surface area contributed by atoms with Gasteiger partial charge in [-0.2, -0.15) is 0 Å². The van der Waals surface area contributed by atoms with Gasteiger partial charge in [-0.3, -0.25) is 0 Å². The Morgan fingerprint density at radius 3 is 2.78 bits per heavy atom. The molecule has 0 saturated heterocycles. The molecule has 0 radical (unpaired) electrons. The molecular weight excluding hydrogens is 244 g/mol. The first kappa shape index (κ1) is 15.6. The molecule has 0 bridgehead atoms. The third kappa shape index (κ3) is 5.96. The zero-order chi connectivity index (χ0) is 13.2. The molecule has 0 aliphatic rings. The molecule has 0 atom stereocenters. The number of rotatable bonds is 10. The van der Waals surface area contributed by atoms with Gasteiger partial charge in [-0.1, -0.05) is 6.92 Å². The quantitative estimate of drug-likeness (QED) is 0.661. The van der Waals surface area contributed by atoms with E-state index in [-0.39, 0.29) is 0 Å². The molecule has 0 spiro atoms. The Morgan fingerprint density at radius 1 is 1.33 bits per heavy atom. The molecule has 104 valence electrons. The van der Waals surface area contributed by atoms with Crippen molar-refractivity contribution in [2.24, 2.45) is 0 Å². The van der Waals surface area contributed by atoms with E-state index in [4.69, 9.17) is 4.74 Å². The predicted octanol–water partition coefficient (Wildman–Crippen LogP) is 2.50. The van der Waals surface area contributed by atoms with Crippen molar-refractivity contribution in [1.82, 2.24) is 10.2 Å². The van der Waals surface area contributed by atoms with Crippen molar-refractivity contribution in [3.8, 4) is 0 Å². The predicted molar refractivity (Wildman–Crippen MR) is 79.4 cm³/mol. The van der Waals surface area contributed by atoms with Crippen LogP contribution < -0.4 is 5.32 Å². The highest BCUT2D eigenvalue weighted by Gasteiger charge is 2.02. The van der Waals surface area contributed by atoms with E-state index in [2.05, 4.69) is 35.5 Å². The molecule has 1 aromatic rings. The number of likely N-dealkylation sites (N-methyl/N-ethyl adjacent to an activating group) is 1. The second kappa shape index (κ2) is 9.50. The van der Waals surface area contributed by atoms with E-state index in [0.29, 0.717) is 0 Å². The van der Waals surface area contributed by atoms with E-state index in [1.807, 2.05) is 18.3 Å². The summed E-state index contributed by atoms with van der Waals surface area (Å²) in [7, 11) is 0. The maximum absolute atomic E-state index is 5.39. The van der Waals surface area contributed by atoms with E-state index in [0.717, 1.165) is 45.9 Å². The molecule has 0 saturated carbocycles. The van der Waals surface area contributed by atoms with Crippen molar-refractivity contribution >= 4 is 11.3 Å². The minimum Gasteiger partial charge on any atom is -0.380 e. The lowest BCUT2D eigenvalue weighted by Crippen LogP contribution is -2.34. The van der Waals surface area contributed by atoms with Crippen LogP contribution >= 0.6 is 11.3 Å². The fourth-order valence-electron chi connectivity index (χ4n) is 1.79. The van der Waals surface area contributed by atoms with E-state index >= 15 is 0 Å². The van der Waals surface area contributed by atoms with Gasteiger partial charge in [-0.25, -0.2) is 0 Å². The van der Waals surface area contributed by atoms with Gasteiger partial charge in [0.25, 0.3) is 0 Å². The van der Waals surface area contributed by atoms with Gasteiger partial charge in [-0.05, 0) is 37.4 Å². The highest BCUT2D eigenvalue weighted by atomic mass is 32.1. The first-order valence-corrected chi connectivity index (χ1v) is 7.69. The standard InChI is InChI=1S/C14H26N2OS/c1-4-16(9-10-17-5-2)8-7-15-12-14-13(3)6-11-18-14/h6,11,15H,4-5,7-10,12H2,1-3H3. The summed E-state index contributed by atoms with van der Waals surface area (Å²) in [5.41, 5.74) is 1.40. The second-order valence-electron chi connectivity index (χ2n) is 4.33. The van der Waals surface area contributed by atoms with E-state index in [9.17, 15) is 0 Å². The van der Waals surface area contributed by atoms with Crippen molar-refractivity contribution in [3.05, 3.63) is 21.9 Å². The topological polar surface area (TPSA) is 24.5 Å². The Labute approximate surface area is 115 Å². The Morgan fingerprint density at radius 2 is 2.17 bits per heavy atom. The van der Waals surface area contributed by atoms with Crippen LogP contribution in [-0.2, 0) is 11.3 Å². The average molecular weight is 270 g/mol. The fourth-order valence-corrected chi connectivity index (χ4v) is 2.67. The van der Waals surface area contributed by atoms with Crippen LogP contribution in [0.25, 0.3) is 0 Å². The van der Waals surface area contributed by atoms with Gasteiger partial charge in [0.05, 0.1) is 6.61 Å². The molecule has 0 amide bonds. The lowest BCUT2D eigenvalue weighted by Gasteiger charge is -2.20. The first-order valence-electron chi connectivity index (χ1n) is 6.81. The Bertz CT molecular complexity index is 314. The maximum atomic E-state index is 5.39. The first-order chi connectivity index (χ1) is 8.77. The zero-order valence-electron chi connectivity index (χ0n) is 11.9. The summed E-state index contributed by atoms with van der Waals surface area (Å²) >= 11 is 1.83. The monoisotopic (exact) mass is 270 g/mol. The molecule has 1 heterocycles. The van der Waals surface area contributed by atoms with Crippen molar-refractivity contribution in [3.63, 3.8) is 0 Å². The SMILES string of the molecule is CCOCCN(CC)CCNCc1sccc1C. The fraction of sp³-hybridized carbons (Fsp3) is 0.714. The number of nitrogens with one attached hydrogen (secondary N) is 1. The Kier molecular flexibility index (Phi) is 8.25. The van der Waals surface area contributed by atoms with Crippen LogP contribution in [0, 0.1) is 6.92 Å². The summed E-state index contributed by atoms with van der Waals surface area (Å²) in [6.45, 7) is 13.3. The van der Waals surface area contributed by atoms with Crippen molar-refractivity contribution in [2.75, 3.05) is 39.4 Å². The third-order valence-corrected chi connectivity index (χ3v) is 4.08. The molecule has 0 aliphatic carbocycles. The molecule has 0 aliphatic heterocycles. The summed E-state index contributed by atoms with van der Waals surface area (Å²) in [6, 6.07) is 2.18. The summed E-state index contributed by atoms with van der Waals surface area (Å²) in [5, 5.41) is 5.67. The van der Waals surface area contributed by atoms with Gasteiger partial charge < -0.3 is 15.0 Å². The van der Waals surface area contributed by atoms with Gasteiger partial charge >= 0.3 is 0 Å². The molecule has 0 unspecified atom stereocenters. The van der Waals surface area contributed by atoms with Crippen molar-refractivity contribution in [2.45, 2.75) is 27.3 Å². The zero-order valence-corrected chi connectivity index (χ0v) is 12.7. The van der Waals surface area contributed by atoms with Crippen molar-refractivity contribution in [1.29, 1.82) is 0 Å². The number of hydrogen-bond donors (Lipinski definition) is 1. The summed E-state index contributed by atoms with van der Waals surface area (Å²) in [4.78, 5) is 3.87. The molecule has 0 aromatic carbocycles. The second-order valence-corrected chi connectivity index (χ2v) is 5.34. The number of hydrogen-bond acceptors (Lipinski definition) is 4. The molecule has 1 aromatic heterocycles. The lowest BCUT2D eigenvalue weighted by molar-refractivity contribution is 0.115. The molecule has 4 heteroatoms. The minimum atomic E-state index is 0.813. The minimum absolute atomic E-state index is 0.813. The molecule has 0 fully saturated rings. The van der Waals surface area contributed by atoms with Gasteiger partial charge in [-0.15, -0.1) is 11.3 Å². The smallest absolute Gasteiger partial charge is 0.0593 e. The average Bonchev–Trinajstić information content (AvgIpc) is 2.78. The van der Waals surface area contributed by atoms with Crippen LogP contribution in [0.1, 0.15) is 24.3 Å². The summed E-state index contributed by atoms with van der Waals surface area (Å²) in [5.74, 6) is 0. The molecular formula is C14H26N2OS. The van der Waals surface area contributed by atoms with Crippen LogP contribution in [-0.4, -0.2) is 44.3 Å². The number of ether oxygens (including phenoxy) is 1. The van der Waals surface area contributed by atoms with Crippen LogP contribution in [0.2, 0.25) is 0 Å². The molecule has 18 heavy (non-hydrogen) atoms. The maximum Gasteiger partial charge on any atom is 0.0593 e. The molecule has 1 rings (SSSR count). The Balaban J connectivity index is 2.10. The van der Waals surface area contributed by atoms with Crippen molar-refractivity contribution < 1.29 is 4.74 Å². The molecule has 3 nitrogen and oxygen atoms in total. The highest BCUT2D eigenvalue weighted by Crippen LogP contribution is 2.14. The number of aryl methyl sites for hydroxylation is 1. The third-order valence-electron chi connectivity index (χ3n) is 3.06. The van der Waals surface area contributed by atoms with Gasteiger partial charge in [0.1, 0.15) is 0 Å². The van der Waals surface area contributed by atoms with Crippen LogP contribution in [0.15, 0.2) is 11.4 Å². The summed E-state index contributed by atoms with van der Waals surface area (Å²) in [6.07, 6.45) is 0. The van der Waals surface area contributed by atoms with Crippen LogP contribution in [0.3, 0.4) is 0 Å². The summed E-state index contributed by atoms with van der Waals surface area (Å²) < 4.78 is 5.39. The normalized spacial score (nSPS) is 11.3. The highest BCUT2D eigenvalue weighted by molar-refractivity contribution is 7.10. The van der Waals surface area contributed by atoms with Gasteiger partial charge in [0.2, 0.25) is 0 Å². The van der Waals surface area contributed by atoms with Gasteiger partial charge in [0.15, 0.2) is 0 Å². The van der Waals surface area contributed by atoms with E-state index < -0.39 is 0 Å². The largest absolute Gasteiger partial charge is 0.380 e. The molecule has 1 N–H and O–H groups in total. The number of thiophene rings is 1. The van der Waals surface area contributed by atoms with Crippen LogP contribution in [0.4, 0.5) is 0 Å². The Hall–Kier alpha value is -0.420. The number of nitrogens with zero attached hydrogens (tertiary/aromatic N) is 1. The van der Waals surface area contributed by atoms with E-state index in [1.165, 1.54) is 10.4 Å². The van der Waals surface area contributed by atoms with Crippen LogP contribution in [0.5, 0.6) is 0 Å². The van der Waals surface area contributed by atoms with E-state index in [1.54, 1.807) is 0 Å². The lowest BCUT2D eigenvalue weighted by atomic mass is 10.3. The van der Waals surface area contributed by atoms with Gasteiger partial charge in [0, 0.05) is 37.7 Å².